The molecule has 2 aromatic carbocycles. The van der Waals surface area contributed by atoms with E-state index in [1.54, 1.807) is 11.3 Å². The van der Waals surface area contributed by atoms with Gasteiger partial charge in [0.25, 0.3) is 0 Å². The van der Waals surface area contributed by atoms with E-state index in [1.165, 1.54) is 11.1 Å². The van der Waals surface area contributed by atoms with E-state index < -0.39 is 0 Å². The van der Waals surface area contributed by atoms with Gasteiger partial charge in [-0.3, -0.25) is 4.79 Å². The maximum Gasteiger partial charge on any atom is 0.228 e. The van der Waals surface area contributed by atoms with E-state index in [9.17, 15) is 4.79 Å². The summed E-state index contributed by atoms with van der Waals surface area (Å²) in [5.74, 6) is 0.122. The van der Waals surface area contributed by atoms with Gasteiger partial charge in [-0.25, -0.2) is 4.98 Å². The molecule has 1 amide bonds. The summed E-state index contributed by atoms with van der Waals surface area (Å²) in [6.45, 7) is 0. The van der Waals surface area contributed by atoms with Gasteiger partial charge in [0, 0.05) is 23.9 Å². The molecular formula is C22H21ClN2OS. The van der Waals surface area contributed by atoms with Crippen LogP contribution in [0.1, 0.15) is 39.9 Å². The standard InChI is InChI=1S/C22H21ClN2OS/c1-25(20-10-9-16-6-2-3-8-19(16)20)22(26)13-18-14-27-21(24-18)12-15-5-4-7-17(23)11-15/h2-8,11,14,20H,9-10,12-13H2,1H3. The molecule has 5 heteroatoms. The number of likely N-dealkylation sites (N-methyl/N-ethyl adjacent to an activating group) is 1. The molecule has 0 aliphatic heterocycles. The van der Waals surface area contributed by atoms with Crippen molar-refractivity contribution in [1.82, 2.24) is 9.88 Å². The summed E-state index contributed by atoms with van der Waals surface area (Å²) in [7, 11) is 1.91. The van der Waals surface area contributed by atoms with Crippen molar-refractivity contribution >= 4 is 28.8 Å². The molecule has 0 saturated heterocycles. The number of carbonyl (C=O) groups excluding carboxylic acids is 1. The van der Waals surface area contributed by atoms with Crippen LogP contribution in [0, 0.1) is 0 Å². The Hall–Kier alpha value is -2.17. The van der Waals surface area contributed by atoms with Crippen molar-refractivity contribution in [2.45, 2.75) is 31.7 Å². The topological polar surface area (TPSA) is 33.2 Å². The zero-order chi connectivity index (χ0) is 18.8. The number of benzene rings is 2. The normalized spacial score (nSPS) is 15.6. The number of halogens is 1. The number of carbonyl (C=O) groups is 1. The van der Waals surface area contributed by atoms with E-state index in [0.29, 0.717) is 6.42 Å². The Bertz CT molecular complexity index is 968. The van der Waals surface area contributed by atoms with Crippen LogP contribution >= 0.6 is 22.9 Å². The molecule has 138 valence electrons. The van der Waals surface area contributed by atoms with Gasteiger partial charge in [0.15, 0.2) is 0 Å². The van der Waals surface area contributed by atoms with Gasteiger partial charge in [0.05, 0.1) is 23.2 Å². The van der Waals surface area contributed by atoms with Crippen molar-refractivity contribution in [3.8, 4) is 0 Å². The van der Waals surface area contributed by atoms with Crippen LogP contribution in [0.2, 0.25) is 5.02 Å². The van der Waals surface area contributed by atoms with Gasteiger partial charge in [0.1, 0.15) is 0 Å². The Labute approximate surface area is 168 Å². The molecule has 0 radical (unpaired) electrons. The second-order valence-corrected chi connectivity index (χ2v) is 8.35. The second-order valence-electron chi connectivity index (χ2n) is 6.97. The van der Waals surface area contributed by atoms with Gasteiger partial charge in [-0.15, -0.1) is 11.3 Å². The lowest BCUT2D eigenvalue weighted by atomic mass is 10.1. The van der Waals surface area contributed by atoms with Crippen LogP contribution in [0.3, 0.4) is 0 Å². The molecule has 3 nitrogen and oxygen atoms in total. The van der Waals surface area contributed by atoms with Crippen LogP contribution in [0.4, 0.5) is 0 Å². The van der Waals surface area contributed by atoms with Crippen molar-refractivity contribution < 1.29 is 4.79 Å². The maximum absolute atomic E-state index is 12.8. The van der Waals surface area contributed by atoms with E-state index in [4.69, 9.17) is 11.6 Å². The fourth-order valence-corrected chi connectivity index (χ4v) is 4.76. The van der Waals surface area contributed by atoms with Gasteiger partial charge >= 0.3 is 0 Å². The van der Waals surface area contributed by atoms with E-state index in [2.05, 4.69) is 29.2 Å². The lowest BCUT2D eigenvalue weighted by molar-refractivity contribution is -0.131. The summed E-state index contributed by atoms with van der Waals surface area (Å²) in [4.78, 5) is 19.3. The number of amides is 1. The first-order valence-electron chi connectivity index (χ1n) is 9.11. The predicted molar refractivity (Wildman–Crippen MR) is 110 cm³/mol. The zero-order valence-electron chi connectivity index (χ0n) is 15.2. The van der Waals surface area contributed by atoms with E-state index in [1.807, 2.05) is 41.6 Å². The molecule has 27 heavy (non-hydrogen) atoms. The molecule has 3 aromatic rings. The fraction of sp³-hybridized carbons (Fsp3) is 0.273. The monoisotopic (exact) mass is 396 g/mol. The molecule has 1 aliphatic carbocycles. The smallest absolute Gasteiger partial charge is 0.228 e. The molecule has 1 aromatic heterocycles. The van der Waals surface area contributed by atoms with Crippen LogP contribution in [-0.4, -0.2) is 22.8 Å². The number of hydrogen-bond donors (Lipinski definition) is 0. The third-order valence-corrected chi connectivity index (χ3v) is 6.27. The first-order chi connectivity index (χ1) is 13.1. The Morgan fingerprint density at radius 1 is 1.26 bits per heavy atom. The lowest BCUT2D eigenvalue weighted by Gasteiger charge is -2.25. The SMILES string of the molecule is CN(C(=O)Cc1csc(Cc2cccc(Cl)c2)n1)C1CCc2ccccc21. The summed E-state index contributed by atoms with van der Waals surface area (Å²) < 4.78 is 0. The number of aryl methyl sites for hydroxylation is 1. The molecule has 0 fully saturated rings. The quantitative estimate of drug-likeness (QED) is 0.602. The molecule has 0 saturated carbocycles. The third kappa shape index (κ3) is 4.07. The zero-order valence-corrected chi connectivity index (χ0v) is 16.8. The minimum absolute atomic E-state index is 0.122. The molecule has 1 aliphatic rings. The van der Waals surface area contributed by atoms with E-state index in [-0.39, 0.29) is 11.9 Å². The van der Waals surface area contributed by atoms with Gasteiger partial charge in [-0.05, 0) is 41.7 Å². The Morgan fingerprint density at radius 3 is 2.96 bits per heavy atom. The summed E-state index contributed by atoms with van der Waals surface area (Å²) in [5.41, 5.74) is 4.63. The molecule has 1 atom stereocenters. The summed E-state index contributed by atoms with van der Waals surface area (Å²) >= 11 is 7.65. The van der Waals surface area contributed by atoms with Gasteiger partial charge in [-0.1, -0.05) is 48.0 Å². The average molecular weight is 397 g/mol. The molecule has 0 bridgehead atoms. The fourth-order valence-electron chi connectivity index (χ4n) is 3.72. The first-order valence-corrected chi connectivity index (χ1v) is 10.4. The molecule has 0 spiro atoms. The number of fused-ring (bicyclic) bond motifs is 1. The summed E-state index contributed by atoms with van der Waals surface area (Å²) in [5, 5.41) is 3.74. The highest BCUT2D eigenvalue weighted by Gasteiger charge is 2.28. The minimum Gasteiger partial charge on any atom is -0.338 e. The molecule has 0 N–H and O–H groups in total. The highest BCUT2D eigenvalue weighted by atomic mass is 35.5. The van der Waals surface area contributed by atoms with Crippen LogP contribution < -0.4 is 0 Å². The summed E-state index contributed by atoms with van der Waals surface area (Å²) in [6, 6.07) is 16.4. The van der Waals surface area contributed by atoms with Crippen molar-refractivity contribution in [3.05, 3.63) is 86.3 Å². The van der Waals surface area contributed by atoms with Gasteiger partial charge < -0.3 is 4.90 Å². The molecule has 4 rings (SSSR count). The largest absolute Gasteiger partial charge is 0.338 e. The molecular weight excluding hydrogens is 376 g/mol. The van der Waals surface area contributed by atoms with Crippen molar-refractivity contribution in [3.63, 3.8) is 0 Å². The summed E-state index contributed by atoms with van der Waals surface area (Å²) in [6.07, 6.45) is 3.13. The number of nitrogens with zero attached hydrogens (tertiary/aromatic N) is 2. The number of aromatic nitrogens is 1. The van der Waals surface area contributed by atoms with Gasteiger partial charge in [-0.2, -0.15) is 0 Å². The Balaban J connectivity index is 1.41. The van der Waals surface area contributed by atoms with Crippen LogP contribution in [0.5, 0.6) is 0 Å². The average Bonchev–Trinajstić information content (AvgIpc) is 3.28. The lowest BCUT2D eigenvalue weighted by Crippen LogP contribution is -2.31. The highest BCUT2D eigenvalue weighted by molar-refractivity contribution is 7.09. The maximum atomic E-state index is 12.8. The van der Waals surface area contributed by atoms with Crippen LogP contribution in [0.25, 0.3) is 0 Å². The van der Waals surface area contributed by atoms with E-state index in [0.717, 1.165) is 40.6 Å². The van der Waals surface area contributed by atoms with E-state index >= 15 is 0 Å². The Kier molecular flexibility index (Phi) is 5.28. The number of hydrogen-bond acceptors (Lipinski definition) is 3. The molecule has 1 heterocycles. The van der Waals surface area contributed by atoms with Crippen molar-refractivity contribution in [2.75, 3.05) is 7.05 Å². The molecule has 1 unspecified atom stereocenters. The predicted octanol–water partition coefficient (Wildman–Crippen LogP) is 5.08. The minimum atomic E-state index is 0.122. The van der Waals surface area contributed by atoms with Crippen molar-refractivity contribution in [2.24, 2.45) is 0 Å². The van der Waals surface area contributed by atoms with Crippen molar-refractivity contribution in [1.29, 1.82) is 0 Å². The number of thiazole rings is 1. The third-order valence-electron chi connectivity index (χ3n) is 5.14. The second kappa shape index (κ2) is 7.83. The highest BCUT2D eigenvalue weighted by Crippen LogP contribution is 2.35. The van der Waals surface area contributed by atoms with Gasteiger partial charge in [0.2, 0.25) is 5.91 Å². The first kappa shape index (κ1) is 18.2. The van der Waals surface area contributed by atoms with Crippen LogP contribution in [-0.2, 0) is 24.1 Å². The van der Waals surface area contributed by atoms with Crippen LogP contribution in [0.15, 0.2) is 53.9 Å². The Morgan fingerprint density at radius 2 is 2.11 bits per heavy atom. The number of rotatable bonds is 5.